The number of hydrogen-bond donors (Lipinski definition) is 2. The lowest BCUT2D eigenvalue weighted by Crippen LogP contribution is -2.37. The van der Waals surface area contributed by atoms with Gasteiger partial charge in [-0.15, -0.1) is 0 Å². The highest BCUT2D eigenvalue weighted by molar-refractivity contribution is 5.94. The standard InChI is InChI=1S/C20H28N4O2/c1-4-24(5-2)19(25)17-10-8-16(9-11-17)15-23-20(21-3)22-13-12-18-7-6-14-26-18/h6-11,14H,4-5,12-13,15H2,1-3H3,(H2,21,22,23). The van der Waals surface area contributed by atoms with Crippen LogP contribution in [0.4, 0.5) is 0 Å². The average molecular weight is 356 g/mol. The quantitative estimate of drug-likeness (QED) is 0.564. The molecule has 1 aromatic carbocycles. The summed E-state index contributed by atoms with van der Waals surface area (Å²) in [7, 11) is 1.74. The van der Waals surface area contributed by atoms with Gasteiger partial charge in [-0.1, -0.05) is 12.1 Å². The molecule has 0 bridgehead atoms. The predicted octanol–water partition coefficient (Wildman–Crippen LogP) is 2.67. The molecule has 1 amide bonds. The van der Waals surface area contributed by atoms with Crippen LogP contribution >= 0.6 is 0 Å². The zero-order chi connectivity index (χ0) is 18.8. The molecule has 0 aliphatic carbocycles. The molecule has 1 aromatic heterocycles. The number of amides is 1. The monoisotopic (exact) mass is 356 g/mol. The smallest absolute Gasteiger partial charge is 0.253 e. The van der Waals surface area contributed by atoms with E-state index in [0.717, 1.165) is 48.9 Å². The molecule has 2 N–H and O–H groups in total. The number of carbonyl (C=O) groups excluding carboxylic acids is 1. The van der Waals surface area contributed by atoms with Crippen LogP contribution < -0.4 is 10.6 Å². The minimum atomic E-state index is 0.0740. The maximum atomic E-state index is 12.3. The van der Waals surface area contributed by atoms with Gasteiger partial charge in [-0.2, -0.15) is 0 Å². The van der Waals surface area contributed by atoms with Gasteiger partial charge in [0, 0.05) is 45.2 Å². The van der Waals surface area contributed by atoms with Crippen molar-refractivity contribution in [3.63, 3.8) is 0 Å². The van der Waals surface area contributed by atoms with Crippen LogP contribution in [0.3, 0.4) is 0 Å². The summed E-state index contributed by atoms with van der Waals surface area (Å²) < 4.78 is 5.31. The van der Waals surface area contributed by atoms with Gasteiger partial charge in [0.05, 0.1) is 6.26 Å². The first kappa shape index (κ1) is 19.6. The van der Waals surface area contributed by atoms with Crippen molar-refractivity contribution in [1.29, 1.82) is 0 Å². The molecule has 0 aliphatic heterocycles. The molecule has 0 radical (unpaired) electrons. The van der Waals surface area contributed by atoms with E-state index in [2.05, 4.69) is 15.6 Å². The Hall–Kier alpha value is -2.76. The van der Waals surface area contributed by atoms with Crippen LogP contribution in [0.5, 0.6) is 0 Å². The van der Waals surface area contributed by atoms with Crippen molar-refractivity contribution < 1.29 is 9.21 Å². The SMILES string of the molecule is CCN(CC)C(=O)c1ccc(CNC(=NC)NCCc2ccco2)cc1. The third-order valence-corrected chi connectivity index (χ3v) is 4.18. The number of nitrogens with zero attached hydrogens (tertiary/aromatic N) is 2. The van der Waals surface area contributed by atoms with Crippen LogP contribution in [0, 0.1) is 0 Å². The summed E-state index contributed by atoms with van der Waals surface area (Å²) in [5.41, 5.74) is 1.81. The van der Waals surface area contributed by atoms with Gasteiger partial charge in [0.1, 0.15) is 5.76 Å². The Kier molecular flexibility index (Phi) is 7.74. The number of benzene rings is 1. The van der Waals surface area contributed by atoms with Gasteiger partial charge < -0.3 is 20.0 Å². The van der Waals surface area contributed by atoms with E-state index in [-0.39, 0.29) is 5.91 Å². The summed E-state index contributed by atoms with van der Waals surface area (Å²) in [6.07, 6.45) is 2.48. The van der Waals surface area contributed by atoms with Gasteiger partial charge in [0.25, 0.3) is 5.91 Å². The second-order valence-corrected chi connectivity index (χ2v) is 5.86. The minimum Gasteiger partial charge on any atom is -0.469 e. The maximum Gasteiger partial charge on any atom is 0.253 e. The van der Waals surface area contributed by atoms with E-state index in [1.54, 1.807) is 13.3 Å². The summed E-state index contributed by atoms with van der Waals surface area (Å²) >= 11 is 0. The summed E-state index contributed by atoms with van der Waals surface area (Å²) in [6, 6.07) is 11.5. The lowest BCUT2D eigenvalue weighted by atomic mass is 10.1. The highest BCUT2D eigenvalue weighted by Gasteiger charge is 2.11. The molecule has 0 atom stereocenters. The van der Waals surface area contributed by atoms with Crippen molar-refractivity contribution >= 4 is 11.9 Å². The number of guanidine groups is 1. The van der Waals surface area contributed by atoms with E-state index < -0.39 is 0 Å². The number of furan rings is 1. The van der Waals surface area contributed by atoms with Gasteiger partial charge in [-0.05, 0) is 43.7 Å². The molecule has 0 saturated heterocycles. The molecule has 6 heteroatoms. The number of aliphatic imine (C=N–C) groups is 1. The number of nitrogens with one attached hydrogen (secondary N) is 2. The van der Waals surface area contributed by atoms with Crippen molar-refractivity contribution in [1.82, 2.24) is 15.5 Å². The van der Waals surface area contributed by atoms with E-state index in [1.165, 1.54) is 0 Å². The van der Waals surface area contributed by atoms with Gasteiger partial charge in [-0.3, -0.25) is 9.79 Å². The van der Waals surface area contributed by atoms with E-state index >= 15 is 0 Å². The van der Waals surface area contributed by atoms with E-state index in [4.69, 9.17) is 4.42 Å². The Bertz CT molecular complexity index is 689. The molecule has 0 spiro atoms. The largest absolute Gasteiger partial charge is 0.469 e. The Morgan fingerprint density at radius 1 is 1.12 bits per heavy atom. The highest BCUT2D eigenvalue weighted by Crippen LogP contribution is 2.08. The summed E-state index contributed by atoms with van der Waals surface area (Å²) in [4.78, 5) is 18.4. The molecule has 0 aliphatic rings. The molecular weight excluding hydrogens is 328 g/mol. The topological polar surface area (TPSA) is 69.9 Å². The normalized spacial score (nSPS) is 11.3. The first-order chi connectivity index (χ1) is 12.7. The minimum absolute atomic E-state index is 0.0740. The van der Waals surface area contributed by atoms with Gasteiger partial charge in [-0.25, -0.2) is 0 Å². The van der Waals surface area contributed by atoms with Crippen molar-refractivity contribution in [3.05, 3.63) is 59.5 Å². The van der Waals surface area contributed by atoms with Gasteiger partial charge >= 0.3 is 0 Å². The lowest BCUT2D eigenvalue weighted by Gasteiger charge is -2.18. The fourth-order valence-electron chi connectivity index (χ4n) is 2.62. The van der Waals surface area contributed by atoms with Crippen molar-refractivity contribution in [2.24, 2.45) is 4.99 Å². The molecule has 0 saturated carbocycles. The van der Waals surface area contributed by atoms with E-state index in [9.17, 15) is 4.79 Å². The fourth-order valence-corrected chi connectivity index (χ4v) is 2.62. The zero-order valence-electron chi connectivity index (χ0n) is 15.8. The van der Waals surface area contributed by atoms with Crippen LogP contribution in [0.25, 0.3) is 0 Å². The molecule has 2 aromatic rings. The first-order valence-corrected chi connectivity index (χ1v) is 9.03. The molecular formula is C20H28N4O2. The summed E-state index contributed by atoms with van der Waals surface area (Å²) in [5.74, 6) is 1.76. The average Bonchev–Trinajstić information content (AvgIpc) is 3.19. The van der Waals surface area contributed by atoms with Crippen molar-refractivity contribution in [2.45, 2.75) is 26.8 Å². The van der Waals surface area contributed by atoms with Crippen LogP contribution in [-0.2, 0) is 13.0 Å². The summed E-state index contributed by atoms with van der Waals surface area (Å²) in [6.45, 7) is 6.80. The predicted molar refractivity (Wildman–Crippen MR) is 104 cm³/mol. The molecule has 26 heavy (non-hydrogen) atoms. The lowest BCUT2D eigenvalue weighted by molar-refractivity contribution is 0.0773. The molecule has 140 valence electrons. The first-order valence-electron chi connectivity index (χ1n) is 9.03. The Balaban J connectivity index is 1.81. The molecule has 0 unspecified atom stereocenters. The highest BCUT2D eigenvalue weighted by atomic mass is 16.3. The van der Waals surface area contributed by atoms with E-state index in [0.29, 0.717) is 6.54 Å². The van der Waals surface area contributed by atoms with Crippen LogP contribution in [0.15, 0.2) is 52.1 Å². The number of rotatable bonds is 8. The third-order valence-electron chi connectivity index (χ3n) is 4.18. The maximum absolute atomic E-state index is 12.3. The second kappa shape index (κ2) is 10.3. The number of hydrogen-bond acceptors (Lipinski definition) is 3. The van der Waals surface area contributed by atoms with Gasteiger partial charge in [0.2, 0.25) is 0 Å². The Morgan fingerprint density at radius 3 is 2.42 bits per heavy atom. The summed E-state index contributed by atoms with van der Waals surface area (Å²) in [5, 5.41) is 6.53. The molecule has 2 rings (SSSR count). The third kappa shape index (κ3) is 5.65. The second-order valence-electron chi connectivity index (χ2n) is 5.86. The van der Waals surface area contributed by atoms with Crippen LogP contribution in [0.2, 0.25) is 0 Å². The van der Waals surface area contributed by atoms with Crippen molar-refractivity contribution in [2.75, 3.05) is 26.7 Å². The van der Waals surface area contributed by atoms with Gasteiger partial charge in [0.15, 0.2) is 5.96 Å². The Labute approximate surface area is 155 Å². The molecule has 6 nitrogen and oxygen atoms in total. The molecule has 0 fully saturated rings. The zero-order valence-corrected chi connectivity index (χ0v) is 15.8. The fraction of sp³-hybridized carbons (Fsp3) is 0.400. The Morgan fingerprint density at radius 2 is 1.85 bits per heavy atom. The van der Waals surface area contributed by atoms with Crippen molar-refractivity contribution in [3.8, 4) is 0 Å². The number of carbonyl (C=O) groups is 1. The van der Waals surface area contributed by atoms with Crippen LogP contribution in [0.1, 0.15) is 35.5 Å². The van der Waals surface area contributed by atoms with Crippen LogP contribution in [-0.4, -0.2) is 43.4 Å². The van der Waals surface area contributed by atoms with E-state index in [1.807, 2.05) is 55.1 Å². The molecule has 1 heterocycles.